The molecule has 0 atom stereocenters. The molecule has 0 bridgehead atoms. The molecule has 0 aliphatic rings. The Morgan fingerprint density at radius 1 is 1.40 bits per heavy atom. The molecule has 2 nitrogen and oxygen atoms in total. The summed E-state index contributed by atoms with van der Waals surface area (Å²) in [7, 11) is 0. The van der Waals surface area contributed by atoms with E-state index in [2.05, 4.69) is 39.2 Å². The van der Waals surface area contributed by atoms with Crippen LogP contribution in [0.3, 0.4) is 0 Å². The molecule has 0 unspecified atom stereocenters. The lowest BCUT2D eigenvalue weighted by Crippen LogP contribution is -1.90. The van der Waals surface area contributed by atoms with Crippen molar-refractivity contribution in [3.63, 3.8) is 0 Å². The van der Waals surface area contributed by atoms with Crippen LogP contribution in [0.2, 0.25) is 0 Å². The van der Waals surface area contributed by atoms with Crippen molar-refractivity contribution in [1.82, 2.24) is 4.98 Å². The highest BCUT2D eigenvalue weighted by Gasteiger charge is 2.03. The van der Waals surface area contributed by atoms with Gasteiger partial charge >= 0.3 is 0 Å². The van der Waals surface area contributed by atoms with Crippen LogP contribution in [0.5, 0.6) is 5.75 Å². The Morgan fingerprint density at radius 3 is 3.00 bits per heavy atom. The van der Waals surface area contributed by atoms with Gasteiger partial charge in [0.25, 0.3) is 0 Å². The molecule has 80 valence electrons. The molecule has 0 fully saturated rings. The van der Waals surface area contributed by atoms with E-state index in [1.807, 2.05) is 13.0 Å². The zero-order valence-corrected chi connectivity index (χ0v) is 10.3. The smallest absolute Gasteiger partial charge is 0.121 e. The van der Waals surface area contributed by atoms with Crippen LogP contribution in [0, 0.1) is 0 Å². The van der Waals surface area contributed by atoms with Crippen LogP contribution in [-0.2, 0) is 6.42 Å². The van der Waals surface area contributed by atoms with Gasteiger partial charge in [-0.15, -0.1) is 0 Å². The fraction of sp³-hybridized carbons (Fsp3) is 0.333. The number of hydrogen-bond acceptors (Lipinski definition) is 1. The molecule has 1 aromatic carbocycles. The fourth-order valence-corrected chi connectivity index (χ4v) is 2.16. The number of halogens is 1. The number of aromatic amines is 1. The second kappa shape index (κ2) is 4.71. The average molecular weight is 268 g/mol. The molecule has 1 N–H and O–H groups in total. The first-order valence-electron chi connectivity index (χ1n) is 5.14. The molecule has 1 heterocycles. The summed E-state index contributed by atoms with van der Waals surface area (Å²) in [5.41, 5.74) is 2.50. The zero-order valence-electron chi connectivity index (χ0n) is 8.72. The molecule has 0 spiro atoms. The largest absolute Gasteiger partial charge is 0.494 e. The first-order chi connectivity index (χ1) is 7.35. The summed E-state index contributed by atoms with van der Waals surface area (Å²) in [6, 6.07) is 6.20. The molecule has 0 radical (unpaired) electrons. The lowest BCUT2D eigenvalue weighted by Gasteiger charge is -2.02. The van der Waals surface area contributed by atoms with Crippen molar-refractivity contribution in [2.45, 2.75) is 13.3 Å². The van der Waals surface area contributed by atoms with Gasteiger partial charge in [0.2, 0.25) is 0 Å². The maximum Gasteiger partial charge on any atom is 0.121 e. The van der Waals surface area contributed by atoms with Crippen LogP contribution in [-0.4, -0.2) is 16.9 Å². The first kappa shape index (κ1) is 10.6. The van der Waals surface area contributed by atoms with Gasteiger partial charge in [-0.3, -0.25) is 0 Å². The van der Waals surface area contributed by atoms with E-state index in [9.17, 15) is 0 Å². The third kappa shape index (κ3) is 2.17. The second-order valence-corrected chi connectivity index (χ2v) is 4.19. The fourth-order valence-electron chi connectivity index (χ4n) is 1.73. The lowest BCUT2D eigenvalue weighted by molar-refractivity contribution is 0.340. The maximum atomic E-state index is 5.45. The molecular formula is C12H14BrNO. The zero-order chi connectivity index (χ0) is 10.7. The van der Waals surface area contributed by atoms with Gasteiger partial charge in [-0.05, 0) is 31.0 Å². The van der Waals surface area contributed by atoms with Crippen LogP contribution < -0.4 is 4.74 Å². The summed E-state index contributed by atoms with van der Waals surface area (Å²) >= 11 is 3.46. The van der Waals surface area contributed by atoms with Gasteiger partial charge in [0, 0.05) is 28.5 Å². The highest BCUT2D eigenvalue weighted by Crippen LogP contribution is 2.23. The molecule has 3 heteroatoms. The third-order valence-corrected chi connectivity index (χ3v) is 2.81. The predicted octanol–water partition coefficient (Wildman–Crippen LogP) is 3.50. The van der Waals surface area contributed by atoms with Gasteiger partial charge in [0.15, 0.2) is 0 Å². The van der Waals surface area contributed by atoms with Crippen molar-refractivity contribution in [3.8, 4) is 5.75 Å². The molecule has 0 aliphatic carbocycles. The van der Waals surface area contributed by atoms with E-state index in [1.54, 1.807) is 0 Å². The number of aromatic nitrogens is 1. The minimum absolute atomic E-state index is 0.709. The van der Waals surface area contributed by atoms with E-state index >= 15 is 0 Å². The van der Waals surface area contributed by atoms with Crippen molar-refractivity contribution in [2.75, 3.05) is 11.9 Å². The predicted molar refractivity (Wildman–Crippen MR) is 67.0 cm³/mol. The number of benzene rings is 1. The number of hydrogen-bond donors (Lipinski definition) is 1. The monoisotopic (exact) mass is 267 g/mol. The topological polar surface area (TPSA) is 25.0 Å². The van der Waals surface area contributed by atoms with Crippen LogP contribution >= 0.6 is 15.9 Å². The number of H-pyrrole nitrogens is 1. The molecule has 0 amide bonds. The maximum absolute atomic E-state index is 5.45. The van der Waals surface area contributed by atoms with E-state index in [-0.39, 0.29) is 0 Å². The molecule has 0 saturated carbocycles. The molecule has 2 rings (SSSR count). The summed E-state index contributed by atoms with van der Waals surface area (Å²) in [5, 5.41) is 2.28. The Labute approximate surface area is 97.8 Å². The molecular weight excluding hydrogens is 254 g/mol. The van der Waals surface area contributed by atoms with E-state index in [4.69, 9.17) is 4.74 Å². The van der Waals surface area contributed by atoms with E-state index in [0.29, 0.717) is 6.61 Å². The molecule has 2 aromatic rings. The highest BCUT2D eigenvalue weighted by atomic mass is 79.9. The van der Waals surface area contributed by atoms with Crippen molar-refractivity contribution in [1.29, 1.82) is 0 Å². The second-order valence-electron chi connectivity index (χ2n) is 3.39. The number of ether oxygens (including phenoxy) is 1. The minimum Gasteiger partial charge on any atom is -0.494 e. The van der Waals surface area contributed by atoms with Gasteiger partial charge < -0.3 is 9.72 Å². The Bertz CT molecular complexity index is 450. The Balaban J connectivity index is 2.38. The number of fused-ring (bicyclic) bond motifs is 1. The van der Waals surface area contributed by atoms with Crippen LogP contribution in [0.1, 0.15) is 12.5 Å². The van der Waals surface area contributed by atoms with E-state index in [0.717, 1.165) is 23.0 Å². The summed E-state index contributed by atoms with van der Waals surface area (Å²) < 4.78 is 5.45. The van der Waals surface area contributed by atoms with Crippen molar-refractivity contribution in [2.24, 2.45) is 0 Å². The van der Waals surface area contributed by atoms with Gasteiger partial charge in [-0.25, -0.2) is 0 Å². The first-order valence-corrected chi connectivity index (χ1v) is 6.26. The SMILES string of the molecule is CCOc1ccc2c(CCBr)c[nH]c2c1. The van der Waals surface area contributed by atoms with Crippen molar-refractivity contribution in [3.05, 3.63) is 30.0 Å². The van der Waals surface area contributed by atoms with E-state index < -0.39 is 0 Å². The quantitative estimate of drug-likeness (QED) is 0.843. The highest BCUT2D eigenvalue weighted by molar-refractivity contribution is 9.09. The number of aryl methyl sites for hydroxylation is 1. The normalized spacial score (nSPS) is 10.8. The standard InChI is InChI=1S/C12H14BrNO/c1-2-15-10-3-4-11-9(5-6-13)8-14-12(11)7-10/h3-4,7-8,14H,2,5-6H2,1H3. The molecule has 1 aromatic heterocycles. The summed E-state index contributed by atoms with van der Waals surface area (Å²) in [4.78, 5) is 3.27. The van der Waals surface area contributed by atoms with Gasteiger partial charge in [-0.1, -0.05) is 15.9 Å². The van der Waals surface area contributed by atoms with Gasteiger partial charge in [0.05, 0.1) is 6.61 Å². The lowest BCUT2D eigenvalue weighted by atomic mass is 10.1. The average Bonchev–Trinajstić information content (AvgIpc) is 2.62. The number of nitrogens with one attached hydrogen (secondary N) is 1. The Kier molecular flexibility index (Phi) is 3.31. The summed E-state index contributed by atoms with van der Waals surface area (Å²) in [5.74, 6) is 0.928. The molecule has 0 aliphatic heterocycles. The van der Waals surface area contributed by atoms with Gasteiger partial charge in [-0.2, -0.15) is 0 Å². The van der Waals surface area contributed by atoms with Gasteiger partial charge in [0.1, 0.15) is 5.75 Å². The van der Waals surface area contributed by atoms with Crippen LogP contribution in [0.15, 0.2) is 24.4 Å². The van der Waals surface area contributed by atoms with Crippen molar-refractivity contribution >= 4 is 26.8 Å². The third-order valence-electron chi connectivity index (χ3n) is 2.41. The number of rotatable bonds is 4. The summed E-state index contributed by atoms with van der Waals surface area (Å²) in [6.07, 6.45) is 3.12. The molecule has 15 heavy (non-hydrogen) atoms. The minimum atomic E-state index is 0.709. The summed E-state index contributed by atoms with van der Waals surface area (Å²) in [6.45, 7) is 2.70. The van der Waals surface area contributed by atoms with Crippen LogP contribution in [0.25, 0.3) is 10.9 Å². The van der Waals surface area contributed by atoms with Crippen LogP contribution in [0.4, 0.5) is 0 Å². The number of alkyl halides is 1. The van der Waals surface area contributed by atoms with Crippen molar-refractivity contribution < 1.29 is 4.74 Å². The Morgan fingerprint density at radius 2 is 2.27 bits per heavy atom. The molecule has 0 saturated heterocycles. The van der Waals surface area contributed by atoms with E-state index in [1.165, 1.54) is 10.9 Å². The Hall–Kier alpha value is -0.960.